The smallest absolute Gasteiger partial charge is 0.168 e. The van der Waals surface area contributed by atoms with Crippen molar-refractivity contribution in [3.05, 3.63) is 59.3 Å². The van der Waals surface area contributed by atoms with Crippen molar-refractivity contribution in [1.82, 2.24) is 25.1 Å². The lowest BCUT2D eigenvalue weighted by atomic mass is 10.1. The molecule has 0 spiro atoms. The van der Waals surface area contributed by atoms with Gasteiger partial charge in [0, 0.05) is 36.9 Å². The van der Waals surface area contributed by atoms with Crippen LogP contribution in [0, 0.1) is 0 Å². The van der Waals surface area contributed by atoms with Gasteiger partial charge < -0.3 is 9.32 Å². The van der Waals surface area contributed by atoms with E-state index in [1.165, 1.54) is 5.69 Å². The van der Waals surface area contributed by atoms with E-state index in [0.29, 0.717) is 6.54 Å². The van der Waals surface area contributed by atoms with Crippen LogP contribution in [0.15, 0.2) is 47.1 Å². The third-order valence-electron chi connectivity index (χ3n) is 5.50. The monoisotopic (exact) mass is 414 g/mol. The lowest BCUT2D eigenvalue weighted by Gasteiger charge is -2.39. The standard InChI is InChI=1S/C21H27ClN6O/c1-2-3-9-20(21-23-24-25-28(21)16-19-8-5-14-29-19)27-12-10-26(11-13-27)18-7-4-6-17(22)15-18/h4-8,14-15,20H,2-3,9-13,16H2,1H3/t20-/m0/s1. The fourth-order valence-corrected chi connectivity index (χ4v) is 4.13. The number of piperazine rings is 1. The molecule has 8 heteroatoms. The predicted molar refractivity (Wildman–Crippen MR) is 113 cm³/mol. The van der Waals surface area contributed by atoms with Crippen LogP contribution in [0.3, 0.4) is 0 Å². The summed E-state index contributed by atoms with van der Waals surface area (Å²) in [6, 6.07) is 12.1. The second-order valence-electron chi connectivity index (χ2n) is 7.44. The highest BCUT2D eigenvalue weighted by atomic mass is 35.5. The number of benzene rings is 1. The molecule has 0 radical (unpaired) electrons. The molecule has 1 saturated heterocycles. The number of halogens is 1. The highest BCUT2D eigenvalue weighted by Gasteiger charge is 2.29. The first-order valence-electron chi connectivity index (χ1n) is 10.3. The van der Waals surface area contributed by atoms with E-state index in [9.17, 15) is 0 Å². The average Bonchev–Trinajstić information content (AvgIpc) is 3.42. The first-order chi connectivity index (χ1) is 14.2. The summed E-state index contributed by atoms with van der Waals surface area (Å²) in [4.78, 5) is 4.91. The number of tetrazole rings is 1. The molecule has 1 aromatic carbocycles. The first kappa shape index (κ1) is 19.9. The molecule has 0 unspecified atom stereocenters. The quantitative estimate of drug-likeness (QED) is 0.554. The predicted octanol–water partition coefficient (Wildman–Crippen LogP) is 4.02. The maximum atomic E-state index is 6.17. The van der Waals surface area contributed by atoms with E-state index < -0.39 is 0 Å². The van der Waals surface area contributed by atoms with Crippen molar-refractivity contribution in [2.75, 3.05) is 31.1 Å². The lowest BCUT2D eigenvalue weighted by molar-refractivity contribution is 0.162. The van der Waals surface area contributed by atoms with Gasteiger partial charge in [-0.1, -0.05) is 37.4 Å². The Morgan fingerprint density at radius 3 is 2.72 bits per heavy atom. The molecule has 0 aliphatic carbocycles. The number of aromatic nitrogens is 4. The summed E-state index contributed by atoms with van der Waals surface area (Å²) in [5.74, 6) is 1.78. The molecule has 154 valence electrons. The molecular formula is C21H27ClN6O. The summed E-state index contributed by atoms with van der Waals surface area (Å²) in [5.41, 5.74) is 1.19. The Bertz CT molecular complexity index is 888. The molecule has 7 nitrogen and oxygen atoms in total. The fourth-order valence-electron chi connectivity index (χ4n) is 3.95. The molecule has 3 heterocycles. The Morgan fingerprint density at radius 2 is 2.00 bits per heavy atom. The Morgan fingerprint density at radius 1 is 1.14 bits per heavy atom. The van der Waals surface area contributed by atoms with E-state index in [4.69, 9.17) is 16.0 Å². The highest BCUT2D eigenvalue weighted by Crippen LogP contribution is 2.28. The van der Waals surface area contributed by atoms with Gasteiger partial charge in [0.05, 0.1) is 12.3 Å². The van der Waals surface area contributed by atoms with Crippen molar-refractivity contribution in [1.29, 1.82) is 0 Å². The van der Waals surface area contributed by atoms with Crippen LogP contribution in [0.5, 0.6) is 0 Å². The van der Waals surface area contributed by atoms with Crippen molar-refractivity contribution >= 4 is 17.3 Å². The van der Waals surface area contributed by atoms with Crippen LogP contribution in [0.1, 0.15) is 43.8 Å². The van der Waals surface area contributed by atoms with Gasteiger partial charge in [0.25, 0.3) is 0 Å². The molecule has 1 fully saturated rings. The van der Waals surface area contributed by atoms with E-state index in [1.807, 2.05) is 35.0 Å². The Labute approximate surface area is 176 Å². The van der Waals surface area contributed by atoms with Crippen LogP contribution in [0.2, 0.25) is 5.02 Å². The van der Waals surface area contributed by atoms with Crippen molar-refractivity contribution in [2.24, 2.45) is 0 Å². The van der Waals surface area contributed by atoms with Gasteiger partial charge in [-0.3, -0.25) is 4.90 Å². The molecule has 29 heavy (non-hydrogen) atoms. The number of hydrogen-bond acceptors (Lipinski definition) is 6. The van der Waals surface area contributed by atoms with Crippen LogP contribution in [-0.4, -0.2) is 51.3 Å². The van der Waals surface area contributed by atoms with Crippen molar-refractivity contribution in [3.8, 4) is 0 Å². The zero-order valence-corrected chi connectivity index (χ0v) is 17.5. The average molecular weight is 415 g/mol. The van der Waals surface area contributed by atoms with Crippen molar-refractivity contribution in [2.45, 2.75) is 38.8 Å². The molecule has 3 aromatic rings. The molecule has 0 bridgehead atoms. The second kappa shape index (κ2) is 9.41. The summed E-state index contributed by atoms with van der Waals surface area (Å²) in [6.07, 6.45) is 5.03. The van der Waals surface area contributed by atoms with Crippen LogP contribution in [0.25, 0.3) is 0 Å². The molecule has 1 atom stereocenters. The van der Waals surface area contributed by atoms with Gasteiger partial charge in [0.15, 0.2) is 5.82 Å². The minimum Gasteiger partial charge on any atom is -0.467 e. The molecule has 2 aromatic heterocycles. The highest BCUT2D eigenvalue weighted by molar-refractivity contribution is 6.30. The molecule has 0 saturated carbocycles. The molecule has 1 aliphatic heterocycles. The lowest BCUT2D eigenvalue weighted by Crippen LogP contribution is -2.48. The number of unbranched alkanes of at least 4 members (excludes halogenated alkanes) is 1. The van der Waals surface area contributed by atoms with Gasteiger partial charge in [-0.15, -0.1) is 5.10 Å². The number of furan rings is 1. The van der Waals surface area contributed by atoms with E-state index in [2.05, 4.69) is 38.3 Å². The van der Waals surface area contributed by atoms with Crippen LogP contribution < -0.4 is 4.90 Å². The SMILES string of the molecule is CCCC[C@@H](c1nnnn1Cc1ccco1)N1CCN(c2cccc(Cl)c2)CC1. The van der Waals surface area contributed by atoms with Gasteiger partial charge in [-0.05, 0) is 47.2 Å². The third-order valence-corrected chi connectivity index (χ3v) is 5.74. The second-order valence-corrected chi connectivity index (χ2v) is 7.87. The van der Waals surface area contributed by atoms with Crippen molar-refractivity contribution in [3.63, 3.8) is 0 Å². The van der Waals surface area contributed by atoms with Gasteiger partial charge in [-0.25, -0.2) is 4.68 Å². The van der Waals surface area contributed by atoms with Gasteiger partial charge >= 0.3 is 0 Å². The van der Waals surface area contributed by atoms with Gasteiger partial charge in [0.2, 0.25) is 0 Å². The van der Waals surface area contributed by atoms with Gasteiger partial charge in [-0.2, -0.15) is 0 Å². The zero-order chi connectivity index (χ0) is 20.1. The Kier molecular flexibility index (Phi) is 6.46. The van der Waals surface area contributed by atoms with Crippen LogP contribution in [-0.2, 0) is 6.54 Å². The van der Waals surface area contributed by atoms with E-state index >= 15 is 0 Å². The summed E-state index contributed by atoms with van der Waals surface area (Å²) in [6.45, 7) is 6.63. The first-order valence-corrected chi connectivity index (χ1v) is 10.7. The minimum absolute atomic E-state index is 0.210. The fraction of sp³-hybridized carbons (Fsp3) is 0.476. The van der Waals surface area contributed by atoms with Gasteiger partial charge in [0.1, 0.15) is 12.3 Å². The maximum Gasteiger partial charge on any atom is 0.168 e. The summed E-state index contributed by atoms with van der Waals surface area (Å²) >= 11 is 6.17. The zero-order valence-electron chi connectivity index (χ0n) is 16.7. The Balaban J connectivity index is 1.48. The number of anilines is 1. The topological polar surface area (TPSA) is 63.2 Å². The molecule has 4 rings (SSSR count). The van der Waals surface area contributed by atoms with Crippen molar-refractivity contribution < 1.29 is 4.42 Å². The summed E-state index contributed by atoms with van der Waals surface area (Å²) in [5, 5.41) is 13.4. The summed E-state index contributed by atoms with van der Waals surface area (Å²) in [7, 11) is 0. The van der Waals surface area contributed by atoms with Crippen LogP contribution >= 0.6 is 11.6 Å². The van der Waals surface area contributed by atoms with E-state index in [-0.39, 0.29) is 6.04 Å². The molecule has 0 N–H and O–H groups in total. The minimum atomic E-state index is 0.210. The molecule has 1 aliphatic rings. The summed E-state index contributed by atoms with van der Waals surface area (Å²) < 4.78 is 7.37. The number of hydrogen-bond donors (Lipinski definition) is 0. The largest absolute Gasteiger partial charge is 0.467 e. The maximum absolute atomic E-state index is 6.17. The van der Waals surface area contributed by atoms with E-state index in [0.717, 1.165) is 62.0 Å². The third kappa shape index (κ3) is 4.79. The van der Waals surface area contributed by atoms with E-state index in [1.54, 1.807) is 6.26 Å². The molecule has 0 amide bonds. The molecular weight excluding hydrogens is 388 g/mol. The normalized spacial score (nSPS) is 16.3. The van der Waals surface area contributed by atoms with Crippen LogP contribution in [0.4, 0.5) is 5.69 Å². The number of rotatable bonds is 8. The number of nitrogens with zero attached hydrogens (tertiary/aromatic N) is 6. The Hall–Kier alpha value is -2.38.